The van der Waals surface area contributed by atoms with Crippen molar-refractivity contribution in [2.24, 2.45) is 22.6 Å². The molecule has 5 aromatic carbocycles. The molecule has 0 aliphatic carbocycles. The van der Waals surface area contributed by atoms with Crippen LogP contribution in [0.2, 0.25) is 0 Å². The van der Waals surface area contributed by atoms with E-state index in [-0.39, 0.29) is 43.2 Å². The van der Waals surface area contributed by atoms with E-state index in [2.05, 4.69) is 5.32 Å². The maximum Gasteiger partial charge on any atom is 0.530 e. The van der Waals surface area contributed by atoms with Gasteiger partial charge in [-0.2, -0.15) is 13.2 Å². The first-order valence-electron chi connectivity index (χ1n) is 22.9. The smallest absolute Gasteiger partial charge is 0.444 e. The van der Waals surface area contributed by atoms with Crippen molar-refractivity contribution in [3.63, 3.8) is 0 Å². The molecule has 3 atom stereocenters. The van der Waals surface area contributed by atoms with Crippen LogP contribution in [0.5, 0.6) is 5.75 Å². The Balaban J connectivity index is 1.29. The first-order chi connectivity index (χ1) is 33.3. The maximum absolute atomic E-state index is 14.7. The summed E-state index contributed by atoms with van der Waals surface area (Å²) >= 11 is 0. The standard InChI is InChI=1S/C53H58F3N4O9P/c1-6-18-40(48(57)62)41(27-28-53(54,55)56)50(63)59-49-51(64)60(43-26-17-16-25-42(43)47(58-49)39-23-14-9-15-24-39)34-66-45(61)31-52(4,5)46-36(3)29-35(2)30-44(46)69-70(65,67-32-37-19-10-7-11-20-37)68-33-38-21-12-8-13-22-38/h7-17,19-26,29-30,40-41,49H,6,18,27-28,31-34H2,1-5H3,(H2,57,62)(H,59,63)/t40-,41+,49+/m0/s1. The number of hydrogen-bond acceptors (Lipinski definition) is 10. The van der Waals surface area contributed by atoms with E-state index in [1.54, 1.807) is 81.4 Å². The van der Waals surface area contributed by atoms with E-state index in [0.717, 1.165) is 21.6 Å². The predicted molar refractivity (Wildman–Crippen MR) is 260 cm³/mol. The number of aliphatic imine (C=N–C) groups is 1. The first kappa shape index (κ1) is 52.8. The number of phosphoric ester groups is 1. The normalized spacial score (nSPS) is 15.0. The first-order valence-corrected chi connectivity index (χ1v) is 24.4. The monoisotopic (exact) mass is 982 g/mol. The van der Waals surface area contributed by atoms with Gasteiger partial charge in [-0.05, 0) is 61.1 Å². The molecule has 13 nitrogen and oxygen atoms in total. The molecular formula is C53H58F3N4O9P. The molecule has 0 unspecified atom stereocenters. The van der Waals surface area contributed by atoms with Crippen molar-refractivity contribution in [1.82, 2.24) is 5.32 Å². The van der Waals surface area contributed by atoms with Crippen LogP contribution in [0, 0.1) is 25.7 Å². The van der Waals surface area contributed by atoms with Gasteiger partial charge in [0.1, 0.15) is 5.75 Å². The van der Waals surface area contributed by atoms with Crippen molar-refractivity contribution < 1.29 is 55.2 Å². The summed E-state index contributed by atoms with van der Waals surface area (Å²) in [6.45, 7) is 8.09. The Labute approximate surface area is 406 Å². The summed E-state index contributed by atoms with van der Waals surface area (Å²) in [5.41, 5.74) is 9.52. The zero-order chi connectivity index (χ0) is 50.6. The molecular weight excluding hydrogens is 925 g/mol. The highest BCUT2D eigenvalue weighted by Crippen LogP contribution is 2.53. The van der Waals surface area contributed by atoms with Crippen LogP contribution in [0.1, 0.15) is 91.8 Å². The Morgan fingerprint density at radius 1 is 0.814 bits per heavy atom. The number of alkyl halides is 3. The average molecular weight is 983 g/mol. The minimum atomic E-state index is -4.65. The number of para-hydroxylation sites is 1. The number of aryl methyl sites for hydroxylation is 2. The summed E-state index contributed by atoms with van der Waals surface area (Å²) in [5, 5.41) is 2.53. The quantitative estimate of drug-likeness (QED) is 0.0505. The van der Waals surface area contributed by atoms with Crippen LogP contribution in [-0.2, 0) is 56.2 Å². The number of nitrogens with one attached hydrogen (secondary N) is 1. The highest BCUT2D eigenvalue weighted by Gasteiger charge is 2.41. The Morgan fingerprint density at radius 3 is 1.96 bits per heavy atom. The maximum atomic E-state index is 14.7. The molecule has 1 aliphatic heterocycles. The predicted octanol–water partition coefficient (Wildman–Crippen LogP) is 10.6. The number of esters is 1. The van der Waals surface area contributed by atoms with Crippen molar-refractivity contribution in [3.8, 4) is 5.75 Å². The lowest BCUT2D eigenvalue weighted by atomic mass is 9.78. The van der Waals surface area contributed by atoms with Crippen LogP contribution in [0.25, 0.3) is 0 Å². The number of anilines is 1. The zero-order valence-corrected chi connectivity index (χ0v) is 40.6. The van der Waals surface area contributed by atoms with Crippen LogP contribution in [0.15, 0.2) is 132 Å². The number of carbonyl (C=O) groups excluding carboxylic acids is 4. The van der Waals surface area contributed by atoms with Gasteiger partial charge in [-0.3, -0.25) is 33.1 Å². The van der Waals surface area contributed by atoms with E-state index in [1.807, 2.05) is 80.6 Å². The van der Waals surface area contributed by atoms with Crippen LogP contribution in [-0.4, -0.2) is 48.5 Å². The summed E-state index contributed by atoms with van der Waals surface area (Å²) in [6, 6.07) is 37.3. The van der Waals surface area contributed by atoms with E-state index < -0.39 is 80.7 Å². The molecule has 0 spiro atoms. The Kier molecular flexibility index (Phi) is 17.6. The summed E-state index contributed by atoms with van der Waals surface area (Å²) in [5.74, 6) is -6.24. The minimum absolute atomic E-state index is 0.0331. The van der Waals surface area contributed by atoms with Gasteiger partial charge in [-0.1, -0.05) is 142 Å². The van der Waals surface area contributed by atoms with Gasteiger partial charge in [-0.25, -0.2) is 9.56 Å². The average Bonchev–Trinajstić information content (AvgIpc) is 3.42. The van der Waals surface area contributed by atoms with Crippen molar-refractivity contribution >= 4 is 42.9 Å². The molecule has 3 N–H and O–H groups in total. The van der Waals surface area contributed by atoms with Crippen molar-refractivity contribution in [3.05, 3.63) is 166 Å². The second kappa shape index (κ2) is 23.3. The summed E-state index contributed by atoms with van der Waals surface area (Å²) in [7, 11) is -4.37. The van der Waals surface area contributed by atoms with Crippen molar-refractivity contribution in [2.75, 3.05) is 11.6 Å². The Hall–Kier alpha value is -6.61. The molecule has 70 heavy (non-hydrogen) atoms. The number of fused-ring (bicyclic) bond motifs is 1. The number of halogens is 3. The molecule has 370 valence electrons. The lowest BCUT2D eigenvalue weighted by molar-refractivity contribution is -0.148. The fourth-order valence-electron chi connectivity index (χ4n) is 8.58. The number of primary amides is 1. The van der Waals surface area contributed by atoms with Gasteiger partial charge in [0.05, 0.1) is 31.0 Å². The van der Waals surface area contributed by atoms with Crippen LogP contribution in [0.4, 0.5) is 18.9 Å². The zero-order valence-electron chi connectivity index (χ0n) is 39.7. The molecule has 0 fully saturated rings. The lowest BCUT2D eigenvalue weighted by Crippen LogP contribution is -2.51. The Morgan fingerprint density at radius 2 is 1.39 bits per heavy atom. The van der Waals surface area contributed by atoms with Gasteiger partial charge < -0.3 is 20.3 Å². The fraction of sp³-hybridized carbons (Fsp3) is 0.340. The number of ether oxygens (including phenoxy) is 1. The molecule has 0 saturated heterocycles. The molecule has 1 heterocycles. The number of hydrogen-bond donors (Lipinski definition) is 2. The number of nitrogens with two attached hydrogens (primary N) is 1. The number of phosphoric acid groups is 1. The van der Waals surface area contributed by atoms with Gasteiger partial charge >= 0.3 is 20.0 Å². The third kappa shape index (κ3) is 14.0. The van der Waals surface area contributed by atoms with Crippen molar-refractivity contribution in [2.45, 2.75) is 97.7 Å². The van der Waals surface area contributed by atoms with E-state index in [0.29, 0.717) is 28.7 Å². The molecule has 0 bridgehead atoms. The molecule has 0 radical (unpaired) electrons. The number of benzene rings is 5. The van der Waals surface area contributed by atoms with E-state index in [9.17, 15) is 36.9 Å². The molecule has 0 aromatic heterocycles. The Bertz CT molecular complexity index is 2660. The van der Waals surface area contributed by atoms with Gasteiger partial charge in [-0.15, -0.1) is 0 Å². The largest absolute Gasteiger partial charge is 0.530 e. The minimum Gasteiger partial charge on any atom is -0.444 e. The number of nitrogens with zero attached hydrogens (tertiary/aromatic N) is 2. The van der Waals surface area contributed by atoms with E-state index >= 15 is 0 Å². The third-order valence-corrected chi connectivity index (χ3v) is 13.1. The van der Waals surface area contributed by atoms with Crippen LogP contribution >= 0.6 is 7.82 Å². The van der Waals surface area contributed by atoms with Gasteiger partial charge in [0, 0.05) is 40.4 Å². The summed E-state index contributed by atoms with van der Waals surface area (Å²) in [4.78, 5) is 61.4. The van der Waals surface area contributed by atoms with Crippen LogP contribution in [0.3, 0.4) is 0 Å². The van der Waals surface area contributed by atoms with Gasteiger partial charge in [0.25, 0.3) is 5.91 Å². The molecule has 0 saturated carbocycles. The van der Waals surface area contributed by atoms with Crippen LogP contribution < -0.4 is 20.5 Å². The highest BCUT2D eigenvalue weighted by atomic mass is 31.2. The fourth-order valence-corrected chi connectivity index (χ4v) is 9.76. The van der Waals surface area contributed by atoms with E-state index in [1.165, 1.54) is 0 Å². The second-order valence-corrected chi connectivity index (χ2v) is 19.4. The number of rotatable bonds is 22. The second-order valence-electron chi connectivity index (χ2n) is 17.8. The number of amides is 3. The molecule has 3 amide bonds. The summed E-state index contributed by atoms with van der Waals surface area (Å²) < 4.78 is 79.4. The number of carbonyl (C=O) groups is 4. The lowest BCUT2D eigenvalue weighted by Gasteiger charge is -2.31. The molecule has 17 heteroatoms. The molecule has 6 rings (SSSR count). The highest BCUT2D eigenvalue weighted by molar-refractivity contribution is 7.48. The SMILES string of the molecule is CCC[C@H](C(N)=O)[C@@H](CCC(F)(F)F)C(=O)N[C@H]1N=C(c2ccccc2)c2ccccc2N(COC(=O)CC(C)(C)c2c(C)cc(C)cc2OP(=O)(OCc2ccccc2)OCc2ccccc2)C1=O. The molecule has 5 aromatic rings. The topological polar surface area (TPSA) is 176 Å². The van der Waals surface area contributed by atoms with Gasteiger partial charge in [0.15, 0.2) is 6.73 Å². The summed E-state index contributed by atoms with van der Waals surface area (Å²) in [6.07, 6.45) is -8.43. The third-order valence-electron chi connectivity index (χ3n) is 11.8. The number of benzodiazepines with no additional fused rings is 1. The van der Waals surface area contributed by atoms with E-state index in [4.69, 9.17) is 29.0 Å². The molecule has 1 aliphatic rings. The van der Waals surface area contributed by atoms with Gasteiger partial charge in [0.2, 0.25) is 18.0 Å². The van der Waals surface area contributed by atoms with Crippen molar-refractivity contribution in [1.29, 1.82) is 0 Å².